The fourth-order valence-corrected chi connectivity index (χ4v) is 5.29. The van der Waals surface area contributed by atoms with Crippen LogP contribution < -0.4 is 34.2 Å². The van der Waals surface area contributed by atoms with Crippen LogP contribution >= 0.6 is 11.8 Å². The summed E-state index contributed by atoms with van der Waals surface area (Å²) in [5.74, 6) is -1.29. The van der Waals surface area contributed by atoms with Gasteiger partial charge in [-0.1, -0.05) is 60.7 Å². The van der Waals surface area contributed by atoms with Crippen LogP contribution in [-0.4, -0.2) is 29.9 Å². The molecule has 0 aliphatic heterocycles. The largest absolute Gasteiger partial charge is 1.00 e. The summed E-state index contributed by atoms with van der Waals surface area (Å²) in [6, 6.07) is 26.6. The number of para-hydroxylation sites is 1. The molecule has 0 unspecified atom stereocenters. The van der Waals surface area contributed by atoms with Gasteiger partial charge in [-0.05, 0) is 89.6 Å². The molecule has 0 aliphatic carbocycles. The van der Waals surface area contributed by atoms with Gasteiger partial charge < -0.3 is 20.1 Å². The molecule has 0 radical (unpaired) electrons. The molecular weight excluding hydrogens is 580 g/mol. The molecule has 1 N–H and O–H groups in total. The molecule has 10 heteroatoms. The predicted molar refractivity (Wildman–Crippen MR) is 164 cm³/mol. The van der Waals surface area contributed by atoms with Crippen molar-refractivity contribution < 1.29 is 46.7 Å². The average molecular weight is 613 g/mol. The quantitative estimate of drug-likeness (QED) is 0.248. The average Bonchev–Trinajstić information content (AvgIpc) is 2.99. The number of alkyl halides is 3. The smallest absolute Gasteiger partial charge is 0.548 e. The Kier molecular flexibility index (Phi) is 12.6. The third kappa shape index (κ3) is 9.18. The van der Waals surface area contributed by atoms with Gasteiger partial charge in [0.1, 0.15) is 0 Å². The Bertz CT molecular complexity index is 1550. The van der Waals surface area contributed by atoms with E-state index in [1.54, 1.807) is 6.07 Å². The molecule has 5 nitrogen and oxygen atoms in total. The zero-order chi connectivity index (χ0) is 31.0. The number of rotatable bonds is 12. The maximum Gasteiger partial charge on any atom is 1.00 e. The van der Waals surface area contributed by atoms with Crippen LogP contribution in [-0.2, 0) is 24.1 Å². The summed E-state index contributed by atoms with van der Waals surface area (Å²) in [7, 11) is 0. The number of halogens is 3. The van der Waals surface area contributed by atoms with Gasteiger partial charge in [-0.15, -0.1) is 0 Å². The summed E-state index contributed by atoms with van der Waals surface area (Å²) in [4.78, 5) is 27.2. The summed E-state index contributed by atoms with van der Waals surface area (Å²) in [5.41, 5.74) is 4.52. The number of nitrogens with one attached hydrogen (secondary N) is 1. The Labute approximate surface area is 272 Å². The van der Waals surface area contributed by atoms with Gasteiger partial charge in [-0.2, -0.15) is 24.9 Å². The first-order valence-corrected chi connectivity index (χ1v) is 15.1. The zero-order valence-electron chi connectivity index (χ0n) is 24.9. The first-order valence-electron chi connectivity index (χ1n) is 13.7. The molecule has 4 rings (SSSR count). The number of anilines is 1. The van der Waals surface area contributed by atoms with E-state index in [1.807, 2.05) is 84.8 Å². The van der Waals surface area contributed by atoms with Gasteiger partial charge in [0.15, 0.2) is 0 Å². The second-order valence-corrected chi connectivity index (χ2v) is 11.2. The van der Waals surface area contributed by atoms with E-state index in [9.17, 15) is 27.9 Å². The molecular formula is C34H32F3LiN2O3S. The molecule has 0 bridgehead atoms. The van der Waals surface area contributed by atoms with Crippen LogP contribution in [0.3, 0.4) is 0 Å². The fourth-order valence-electron chi connectivity index (χ4n) is 4.82. The molecule has 1 amide bonds. The van der Waals surface area contributed by atoms with E-state index in [0.29, 0.717) is 35.5 Å². The fraction of sp³-hybridized carbons (Fsp3) is 0.235. The maximum absolute atomic E-state index is 13.4. The first kappa shape index (κ1) is 34.8. The SMILES string of the molecule is CSCC[C@H](NC(=O)c1ccc(CN(Cc2ccc(C(F)(F)F)cc2)c2ccccc2)cc1-c1ccccc1C)C(=O)[O-].[Li+]. The minimum absolute atomic E-state index is 0. The van der Waals surface area contributed by atoms with Gasteiger partial charge in [0, 0.05) is 24.3 Å². The number of hydrogen-bond acceptors (Lipinski definition) is 5. The molecule has 0 saturated heterocycles. The number of amides is 1. The minimum atomic E-state index is -4.41. The Morgan fingerprint density at radius 2 is 1.48 bits per heavy atom. The van der Waals surface area contributed by atoms with Crippen molar-refractivity contribution in [1.82, 2.24) is 5.32 Å². The Hall–Kier alpha value is -3.64. The monoisotopic (exact) mass is 612 g/mol. The molecule has 0 spiro atoms. The molecule has 0 aromatic heterocycles. The Morgan fingerprint density at radius 1 is 0.864 bits per heavy atom. The van der Waals surface area contributed by atoms with Crippen LogP contribution in [0.5, 0.6) is 0 Å². The molecule has 0 fully saturated rings. The van der Waals surface area contributed by atoms with Crippen LogP contribution in [0.1, 0.15) is 39.0 Å². The van der Waals surface area contributed by atoms with Gasteiger partial charge in [-0.25, -0.2) is 0 Å². The van der Waals surface area contributed by atoms with E-state index >= 15 is 0 Å². The third-order valence-corrected chi connectivity index (χ3v) is 7.76. The number of carbonyl (C=O) groups is 2. The van der Waals surface area contributed by atoms with Gasteiger partial charge in [0.05, 0.1) is 17.6 Å². The summed E-state index contributed by atoms with van der Waals surface area (Å²) in [6.45, 7) is 2.70. The van der Waals surface area contributed by atoms with Crippen LogP contribution in [0.25, 0.3) is 11.1 Å². The van der Waals surface area contributed by atoms with Crippen LogP contribution in [0.15, 0.2) is 97.1 Å². The molecule has 4 aromatic rings. The molecule has 224 valence electrons. The van der Waals surface area contributed by atoms with Crippen LogP contribution in [0.4, 0.5) is 18.9 Å². The number of carboxylic acids is 1. The molecule has 0 heterocycles. The molecule has 44 heavy (non-hydrogen) atoms. The van der Waals surface area contributed by atoms with E-state index in [-0.39, 0.29) is 25.3 Å². The summed E-state index contributed by atoms with van der Waals surface area (Å²) in [5, 5.41) is 14.3. The maximum atomic E-state index is 13.4. The number of thioether (sulfide) groups is 1. The normalized spacial score (nSPS) is 11.8. The Balaban J connectivity index is 0.00000529. The number of carbonyl (C=O) groups excluding carboxylic acids is 2. The van der Waals surface area contributed by atoms with Crippen molar-refractivity contribution in [1.29, 1.82) is 0 Å². The van der Waals surface area contributed by atoms with E-state index in [0.717, 1.165) is 34.5 Å². The number of aryl methyl sites for hydroxylation is 1. The van der Waals surface area contributed by atoms with Gasteiger partial charge in [0.25, 0.3) is 5.91 Å². The van der Waals surface area contributed by atoms with E-state index in [1.165, 1.54) is 23.9 Å². The predicted octanol–water partition coefficient (Wildman–Crippen LogP) is 3.49. The molecule has 0 saturated carbocycles. The van der Waals surface area contributed by atoms with Gasteiger partial charge >= 0.3 is 25.0 Å². The van der Waals surface area contributed by atoms with Gasteiger partial charge in [0.2, 0.25) is 0 Å². The van der Waals surface area contributed by atoms with Crippen LogP contribution in [0.2, 0.25) is 0 Å². The van der Waals surface area contributed by atoms with E-state index < -0.39 is 29.7 Å². The standard InChI is InChI=1S/C34H33F3N2O3S.Li/c1-23-8-6-7-11-28(23)30-20-25(14-17-29(30)32(40)38-31(33(41)42)18-19-43-2)22-39(27-9-4-3-5-10-27)21-24-12-15-26(16-13-24)34(35,36)37;/h3-17,20,31H,18-19,21-22H2,1-2H3,(H,38,40)(H,41,42);/q;+1/p-1/t31-;/m0./s1. The summed E-state index contributed by atoms with van der Waals surface area (Å²) < 4.78 is 39.4. The second-order valence-electron chi connectivity index (χ2n) is 10.2. The summed E-state index contributed by atoms with van der Waals surface area (Å²) >= 11 is 1.48. The summed E-state index contributed by atoms with van der Waals surface area (Å²) in [6.07, 6.45) is -2.31. The molecule has 1 atom stereocenters. The molecule has 0 aliphatic rings. The van der Waals surface area contributed by atoms with Crippen molar-refractivity contribution in [2.24, 2.45) is 0 Å². The number of nitrogens with zero attached hydrogens (tertiary/aromatic N) is 1. The van der Waals surface area contributed by atoms with Gasteiger partial charge in [-0.3, -0.25) is 4.79 Å². The van der Waals surface area contributed by atoms with Crippen molar-refractivity contribution >= 4 is 29.3 Å². The van der Waals surface area contributed by atoms with Crippen molar-refractivity contribution in [3.05, 3.63) is 125 Å². The van der Waals surface area contributed by atoms with Crippen molar-refractivity contribution in [2.75, 3.05) is 16.9 Å². The number of aliphatic carboxylic acids is 1. The van der Waals surface area contributed by atoms with Crippen molar-refractivity contribution in [3.8, 4) is 11.1 Å². The minimum Gasteiger partial charge on any atom is -0.548 e. The van der Waals surface area contributed by atoms with Crippen LogP contribution in [0, 0.1) is 6.92 Å². The van der Waals surface area contributed by atoms with E-state index in [2.05, 4.69) is 5.32 Å². The Morgan fingerprint density at radius 3 is 2.09 bits per heavy atom. The number of carboxylic acid groups (broad SMARTS) is 1. The number of benzene rings is 4. The van der Waals surface area contributed by atoms with Crippen molar-refractivity contribution in [3.63, 3.8) is 0 Å². The second kappa shape index (κ2) is 15.9. The third-order valence-electron chi connectivity index (χ3n) is 7.11. The molecule has 4 aromatic carbocycles. The topological polar surface area (TPSA) is 72.5 Å². The first-order chi connectivity index (χ1) is 20.6. The zero-order valence-corrected chi connectivity index (χ0v) is 25.7. The van der Waals surface area contributed by atoms with Crippen molar-refractivity contribution in [2.45, 2.75) is 38.7 Å². The van der Waals surface area contributed by atoms with E-state index in [4.69, 9.17) is 0 Å². The number of hydrogen-bond donors (Lipinski definition) is 1.